The summed E-state index contributed by atoms with van der Waals surface area (Å²) in [5.74, 6) is 0. The molecule has 2 fully saturated rings. The Morgan fingerprint density at radius 3 is 2.11 bits per heavy atom. The van der Waals surface area contributed by atoms with Gasteiger partial charge in [0.15, 0.2) is 0 Å². The molecule has 6 heteroatoms. The summed E-state index contributed by atoms with van der Waals surface area (Å²) < 4.78 is 28.7. The van der Waals surface area contributed by atoms with E-state index >= 15 is 0 Å². The van der Waals surface area contributed by atoms with Crippen molar-refractivity contribution in [3.63, 3.8) is 0 Å². The number of aliphatic hydroxyl groups is 1. The van der Waals surface area contributed by atoms with E-state index in [1.54, 1.807) is 8.61 Å². The second kappa shape index (κ2) is 7.02. The third-order valence-electron chi connectivity index (χ3n) is 4.24. The van der Waals surface area contributed by atoms with Gasteiger partial charge in [0.2, 0.25) is 0 Å². The van der Waals surface area contributed by atoms with Gasteiger partial charge in [-0.2, -0.15) is 17.0 Å². The summed E-state index contributed by atoms with van der Waals surface area (Å²) in [6, 6.07) is 0.0976. The second-order valence-corrected chi connectivity index (χ2v) is 7.47. The molecule has 2 aliphatic rings. The van der Waals surface area contributed by atoms with Crippen LogP contribution >= 0.6 is 0 Å². The third kappa shape index (κ3) is 3.68. The van der Waals surface area contributed by atoms with E-state index in [-0.39, 0.29) is 19.2 Å². The highest BCUT2D eigenvalue weighted by atomic mass is 32.2. The molecule has 5 nitrogen and oxygen atoms in total. The predicted molar refractivity (Wildman–Crippen MR) is 75.0 cm³/mol. The molecule has 1 N–H and O–H groups in total. The van der Waals surface area contributed by atoms with Gasteiger partial charge in [-0.1, -0.05) is 25.7 Å². The van der Waals surface area contributed by atoms with Crippen molar-refractivity contribution in [2.45, 2.75) is 57.4 Å². The molecule has 0 unspecified atom stereocenters. The molecule has 2 rings (SSSR count). The second-order valence-electron chi connectivity index (χ2n) is 5.59. The van der Waals surface area contributed by atoms with E-state index in [0.717, 1.165) is 51.4 Å². The Morgan fingerprint density at radius 2 is 1.58 bits per heavy atom. The minimum absolute atomic E-state index is 0.0937. The normalized spacial score (nSPS) is 23.9. The van der Waals surface area contributed by atoms with Crippen molar-refractivity contribution in [3.8, 4) is 0 Å². The van der Waals surface area contributed by atoms with Gasteiger partial charge in [-0.15, -0.1) is 0 Å². The average Bonchev–Trinajstić information content (AvgIpc) is 2.76. The van der Waals surface area contributed by atoms with Crippen molar-refractivity contribution in [3.05, 3.63) is 0 Å². The maximum absolute atomic E-state index is 12.8. The summed E-state index contributed by atoms with van der Waals surface area (Å²) in [6.07, 6.45) is 8.23. The Hall–Kier alpha value is -0.170. The summed E-state index contributed by atoms with van der Waals surface area (Å²) in [6.45, 7) is 1.42. The highest BCUT2D eigenvalue weighted by Gasteiger charge is 2.35. The third-order valence-corrected chi connectivity index (χ3v) is 6.33. The van der Waals surface area contributed by atoms with Crippen molar-refractivity contribution in [1.29, 1.82) is 0 Å². The molecule has 112 valence electrons. The van der Waals surface area contributed by atoms with Crippen LogP contribution in [-0.4, -0.2) is 54.4 Å². The van der Waals surface area contributed by atoms with Crippen LogP contribution in [0.25, 0.3) is 0 Å². The van der Waals surface area contributed by atoms with Crippen LogP contribution in [0.5, 0.6) is 0 Å². The van der Waals surface area contributed by atoms with Gasteiger partial charge in [0.25, 0.3) is 10.2 Å². The quantitative estimate of drug-likeness (QED) is 0.831. The molecule has 0 spiro atoms. The number of hydrogen-bond donors (Lipinski definition) is 1. The first-order valence-electron chi connectivity index (χ1n) is 7.54. The number of aliphatic hydroxyl groups excluding tert-OH is 1. The Balaban J connectivity index is 2.12. The molecule has 19 heavy (non-hydrogen) atoms. The lowest BCUT2D eigenvalue weighted by Gasteiger charge is -2.32. The molecule has 0 aromatic carbocycles. The molecule has 0 aromatic rings. The van der Waals surface area contributed by atoms with Gasteiger partial charge in [0, 0.05) is 25.7 Å². The van der Waals surface area contributed by atoms with E-state index in [0.29, 0.717) is 13.1 Å². The van der Waals surface area contributed by atoms with Gasteiger partial charge in [0.05, 0.1) is 6.61 Å². The number of rotatable bonds is 5. The standard InChI is InChI=1S/C13H26N2O3S/c16-12-11-15(13-7-3-4-8-13)19(17,18)14-9-5-1-2-6-10-14/h13,16H,1-12H2. The molecule has 0 radical (unpaired) electrons. The lowest BCUT2D eigenvalue weighted by atomic mass is 10.2. The summed E-state index contributed by atoms with van der Waals surface area (Å²) >= 11 is 0. The fourth-order valence-corrected chi connectivity index (χ4v) is 5.11. The van der Waals surface area contributed by atoms with Gasteiger partial charge < -0.3 is 5.11 Å². The zero-order valence-electron chi connectivity index (χ0n) is 11.6. The van der Waals surface area contributed by atoms with Gasteiger partial charge in [-0.3, -0.25) is 0 Å². The van der Waals surface area contributed by atoms with Crippen LogP contribution in [0.3, 0.4) is 0 Å². The van der Waals surface area contributed by atoms with E-state index < -0.39 is 10.2 Å². The molecule has 1 aliphatic heterocycles. The molecule has 1 saturated carbocycles. The molecule has 0 bridgehead atoms. The van der Waals surface area contributed by atoms with Crippen LogP contribution in [0.4, 0.5) is 0 Å². The van der Waals surface area contributed by atoms with Gasteiger partial charge >= 0.3 is 0 Å². The molecule has 0 aromatic heterocycles. The van der Waals surface area contributed by atoms with E-state index in [2.05, 4.69) is 0 Å². The van der Waals surface area contributed by atoms with Crippen LogP contribution in [0, 0.1) is 0 Å². The van der Waals surface area contributed by atoms with Crippen LogP contribution in [0.2, 0.25) is 0 Å². The fourth-order valence-electron chi connectivity index (χ4n) is 3.20. The Kier molecular flexibility index (Phi) is 5.62. The van der Waals surface area contributed by atoms with Crippen molar-refractivity contribution in [2.24, 2.45) is 0 Å². The lowest BCUT2D eigenvalue weighted by Crippen LogP contribution is -2.49. The first-order valence-corrected chi connectivity index (χ1v) is 8.94. The first-order chi connectivity index (χ1) is 9.16. The predicted octanol–water partition coefficient (Wildman–Crippen LogP) is 1.34. The largest absolute Gasteiger partial charge is 0.395 e. The minimum Gasteiger partial charge on any atom is -0.395 e. The highest BCUT2D eigenvalue weighted by Crippen LogP contribution is 2.27. The zero-order valence-corrected chi connectivity index (χ0v) is 12.4. The summed E-state index contributed by atoms with van der Waals surface area (Å²) in [5, 5.41) is 9.19. The van der Waals surface area contributed by atoms with Crippen LogP contribution in [-0.2, 0) is 10.2 Å². The zero-order chi connectivity index (χ0) is 13.7. The maximum Gasteiger partial charge on any atom is 0.282 e. The Bertz CT molecular complexity index is 358. The van der Waals surface area contributed by atoms with E-state index in [4.69, 9.17) is 0 Å². The summed E-state index contributed by atoms with van der Waals surface area (Å²) in [4.78, 5) is 0. The SMILES string of the molecule is O=S(=O)(N1CCCCCC1)N(CCO)C1CCCC1. The molecule has 0 amide bonds. The highest BCUT2D eigenvalue weighted by molar-refractivity contribution is 7.86. The van der Waals surface area contributed by atoms with Crippen molar-refractivity contribution in [1.82, 2.24) is 8.61 Å². The van der Waals surface area contributed by atoms with Crippen LogP contribution < -0.4 is 0 Å². The Morgan fingerprint density at radius 1 is 1.00 bits per heavy atom. The van der Waals surface area contributed by atoms with Gasteiger partial charge in [-0.25, -0.2) is 0 Å². The number of hydrogen-bond acceptors (Lipinski definition) is 3. The summed E-state index contributed by atoms with van der Waals surface area (Å²) in [7, 11) is -3.39. The van der Waals surface area contributed by atoms with Crippen molar-refractivity contribution in [2.75, 3.05) is 26.2 Å². The topological polar surface area (TPSA) is 60.9 Å². The van der Waals surface area contributed by atoms with Crippen molar-refractivity contribution >= 4 is 10.2 Å². The lowest BCUT2D eigenvalue weighted by molar-refractivity contribution is 0.215. The number of nitrogens with zero attached hydrogens (tertiary/aromatic N) is 2. The average molecular weight is 290 g/mol. The van der Waals surface area contributed by atoms with E-state index in [1.165, 1.54) is 0 Å². The molecule has 1 aliphatic carbocycles. The van der Waals surface area contributed by atoms with E-state index in [9.17, 15) is 13.5 Å². The summed E-state index contributed by atoms with van der Waals surface area (Å²) in [5.41, 5.74) is 0. The maximum atomic E-state index is 12.8. The molecule has 1 saturated heterocycles. The van der Waals surface area contributed by atoms with Gasteiger partial charge in [0.1, 0.15) is 0 Å². The smallest absolute Gasteiger partial charge is 0.282 e. The Labute approximate surface area is 116 Å². The van der Waals surface area contributed by atoms with Crippen molar-refractivity contribution < 1.29 is 13.5 Å². The van der Waals surface area contributed by atoms with Crippen LogP contribution in [0.1, 0.15) is 51.4 Å². The fraction of sp³-hybridized carbons (Fsp3) is 1.00. The molecular formula is C13H26N2O3S. The van der Waals surface area contributed by atoms with E-state index in [1.807, 2.05) is 0 Å². The first kappa shape index (κ1) is 15.2. The van der Waals surface area contributed by atoms with Gasteiger partial charge in [-0.05, 0) is 25.7 Å². The minimum atomic E-state index is -3.39. The molecule has 0 atom stereocenters. The monoisotopic (exact) mass is 290 g/mol. The molecular weight excluding hydrogens is 264 g/mol. The van der Waals surface area contributed by atoms with Crippen LogP contribution in [0.15, 0.2) is 0 Å². The molecule has 1 heterocycles.